The highest BCUT2D eigenvalue weighted by molar-refractivity contribution is 7.89. The maximum atomic E-state index is 12.8. The van der Waals surface area contributed by atoms with E-state index in [1.165, 1.54) is 35.5 Å². The monoisotopic (exact) mass is 395 g/mol. The van der Waals surface area contributed by atoms with Crippen LogP contribution in [0.1, 0.15) is 37.6 Å². The third-order valence-corrected chi connectivity index (χ3v) is 6.94. The van der Waals surface area contributed by atoms with Crippen LogP contribution in [0.25, 0.3) is 0 Å². The molecule has 0 aromatic heterocycles. The largest absolute Gasteiger partial charge is 0.340 e. The van der Waals surface area contributed by atoms with Crippen LogP contribution in [0.15, 0.2) is 29.2 Å². The van der Waals surface area contributed by atoms with Gasteiger partial charge in [-0.3, -0.25) is 9.59 Å². The molecule has 27 heavy (non-hydrogen) atoms. The van der Waals surface area contributed by atoms with Crippen LogP contribution < -0.4 is 0 Å². The second kappa shape index (κ2) is 9.43. The second-order valence-corrected chi connectivity index (χ2v) is 8.58. The van der Waals surface area contributed by atoms with Crippen molar-refractivity contribution in [2.24, 2.45) is 0 Å². The molecule has 1 aromatic rings. The number of amides is 1. The number of piperazine rings is 1. The van der Waals surface area contributed by atoms with E-state index in [0.29, 0.717) is 25.1 Å². The Balaban J connectivity index is 1.93. The van der Waals surface area contributed by atoms with E-state index in [4.69, 9.17) is 0 Å². The van der Waals surface area contributed by atoms with Crippen LogP contribution >= 0.6 is 0 Å². The van der Waals surface area contributed by atoms with Crippen molar-refractivity contribution in [2.45, 2.75) is 32.1 Å². The number of sulfonamides is 1. The van der Waals surface area contributed by atoms with Crippen LogP contribution in [-0.2, 0) is 14.8 Å². The van der Waals surface area contributed by atoms with Crippen LogP contribution in [0.2, 0.25) is 0 Å². The Morgan fingerprint density at radius 1 is 1.00 bits per heavy atom. The van der Waals surface area contributed by atoms with E-state index >= 15 is 0 Å². The molecule has 1 aromatic carbocycles. The lowest BCUT2D eigenvalue weighted by Gasteiger charge is -2.34. The third kappa shape index (κ3) is 5.37. The van der Waals surface area contributed by atoms with Crippen LogP contribution in [0.3, 0.4) is 0 Å². The normalized spacial score (nSPS) is 15.9. The summed E-state index contributed by atoms with van der Waals surface area (Å²) in [5.74, 6) is -0.0273. The minimum Gasteiger partial charge on any atom is -0.340 e. The SMILES string of the molecule is CCN(CC)CCC(=O)N1CCN(S(=O)(=O)c2ccc(C(C)=O)cc2)CC1. The first-order valence-electron chi connectivity index (χ1n) is 9.40. The molecule has 0 atom stereocenters. The number of nitrogens with zero attached hydrogens (tertiary/aromatic N) is 3. The number of carbonyl (C=O) groups is 2. The lowest BCUT2D eigenvalue weighted by Crippen LogP contribution is -2.50. The standard InChI is InChI=1S/C19H29N3O4S/c1-4-20(5-2)11-10-19(24)21-12-14-22(15-13-21)27(25,26)18-8-6-17(7-9-18)16(3)23/h6-9H,4-5,10-15H2,1-3H3. The van der Waals surface area contributed by atoms with Gasteiger partial charge in [0.1, 0.15) is 0 Å². The van der Waals surface area contributed by atoms with Crippen molar-refractivity contribution in [1.82, 2.24) is 14.1 Å². The van der Waals surface area contributed by atoms with E-state index in [2.05, 4.69) is 18.7 Å². The molecular formula is C19H29N3O4S. The predicted molar refractivity (Wildman–Crippen MR) is 104 cm³/mol. The van der Waals surface area contributed by atoms with Crippen LogP contribution in [0.5, 0.6) is 0 Å². The average Bonchev–Trinajstić information content (AvgIpc) is 2.68. The van der Waals surface area contributed by atoms with Gasteiger partial charge in [0, 0.05) is 44.7 Å². The Morgan fingerprint density at radius 3 is 2.04 bits per heavy atom. The number of hydrogen-bond donors (Lipinski definition) is 0. The summed E-state index contributed by atoms with van der Waals surface area (Å²) in [5, 5.41) is 0. The average molecular weight is 396 g/mol. The first-order valence-corrected chi connectivity index (χ1v) is 10.8. The van der Waals surface area contributed by atoms with Gasteiger partial charge in [-0.1, -0.05) is 26.0 Å². The number of hydrogen-bond acceptors (Lipinski definition) is 5. The lowest BCUT2D eigenvalue weighted by molar-refractivity contribution is -0.132. The maximum Gasteiger partial charge on any atom is 0.243 e. The van der Waals surface area contributed by atoms with Gasteiger partial charge in [-0.05, 0) is 32.1 Å². The van der Waals surface area contributed by atoms with Crippen molar-refractivity contribution in [2.75, 3.05) is 45.8 Å². The fraction of sp³-hybridized carbons (Fsp3) is 0.579. The van der Waals surface area contributed by atoms with Gasteiger partial charge in [-0.25, -0.2) is 8.42 Å². The summed E-state index contributed by atoms with van der Waals surface area (Å²) < 4.78 is 26.9. The lowest BCUT2D eigenvalue weighted by atomic mass is 10.2. The number of carbonyl (C=O) groups excluding carboxylic acids is 2. The van der Waals surface area contributed by atoms with E-state index in [9.17, 15) is 18.0 Å². The molecule has 0 N–H and O–H groups in total. The van der Waals surface area contributed by atoms with Gasteiger partial charge in [0.15, 0.2) is 5.78 Å². The molecule has 1 heterocycles. The molecule has 2 rings (SSSR count). The minimum atomic E-state index is -3.61. The Labute approximate surface area is 162 Å². The highest BCUT2D eigenvalue weighted by atomic mass is 32.2. The molecule has 0 spiro atoms. The summed E-state index contributed by atoms with van der Waals surface area (Å²) in [6.07, 6.45) is 0.459. The van der Waals surface area contributed by atoms with Crippen molar-refractivity contribution < 1.29 is 18.0 Å². The molecule has 7 nitrogen and oxygen atoms in total. The number of Topliss-reactive ketones (excluding diaryl/α,β-unsaturated/α-hetero) is 1. The molecule has 1 fully saturated rings. The fourth-order valence-electron chi connectivity index (χ4n) is 3.14. The van der Waals surface area contributed by atoms with Crippen molar-refractivity contribution in [1.29, 1.82) is 0 Å². The first-order chi connectivity index (χ1) is 12.8. The molecule has 0 saturated carbocycles. The highest BCUT2D eigenvalue weighted by Crippen LogP contribution is 2.19. The molecule has 1 saturated heterocycles. The molecule has 0 radical (unpaired) electrons. The number of ketones is 1. The van der Waals surface area contributed by atoms with Crippen LogP contribution in [0, 0.1) is 0 Å². The van der Waals surface area contributed by atoms with Gasteiger partial charge in [-0.15, -0.1) is 0 Å². The molecule has 1 aliphatic heterocycles. The first kappa shape index (κ1) is 21.5. The van der Waals surface area contributed by atoms with Gasteiger partial charge < -0.3 is 9.80 Å². The fourth-order valence-corrected chi connectivity index (χ4v) is 4.56. The molecular weight excluding hydrogens is 366 g/mol. The number of benzene rings is 1. The summed E-state index contributed by atoms with van der Waals surface area (Å²) in [5.41, 5.74) is 0.484. The Bertz CT molecular complexity index is 750. The molecule has 150 valence electrons. The summed E-state index contributed by atoms with van der Waals surface area (Å²) in [7, 11) is -3.61. The van der Waals surface area contributed by atoms with E-state index in [-0.39, 0.29) is 29.7 Å². The topological polar surface area (TPSA) is 78.0 Å². The summed E-state index contributed by atoms with van der Waals surface area (Å²) in [4.78, 5) is 27.8. The molecule has 1 amide bonds. The summed E-state index contributed by atoms with van der Waals surface area (Å²) >= 11 is 0. The highest BCUT2D eigenvalue weighted by Gasteiger charge is 2.30. The van der Waals surface area contributed by atoms with Crippen molar-refractivity contribution in [3.8, 4) is 0 Å². The minimum absolute atomic E-state index is 0.0739. The van der Waals surface area contributed by atoms with Gasteiger partial charge in [0.05, 0.1) is 4.90 Å². The van der Waals surface area contributed by atoms with Gasteiger partial charge in [0.2, 0.25) is 15.9 Å². The smallest absolute Gasteiger partial charge is 0.243 e. The van der Waals surface area contributed by atoms with E-state index in [1.54, 1.807) is 4.90 Å². The molecule has 8 heteroatoms. The zero-order chi connectivity index (χ0) is 20.0. The van der Waals surface area contributed by atoms with Crippen molar-refractivity contribution >= 4 is 21.7 Å². The zero-order valence-corrected chi connectivity index (χ0v) is 17.2. The van der Waals surface area contributed by atoms with E-state index < -0.39 is 10.0 Å². The van der Waals surface area contributed by atoms with Gasteiger partial charge >= 0.3 is 0 Å². The predicted octanol–water partition coefficient (Wildman–Crippen LogP) is 1.45. The van der Waals surface area contributed by atoms with Crippen LogP contribution in [0.4, 0.5) is 0 Å². The summed E-state index contributed by atoms with van der Waals surface area (Å²) in [6, 6.07) is 5.99. The molecule has 1 aliphatic rings. The van der Waals surface area contributed by atoms with Gasteiger partial charge in [-0.2, -0.15) is 4.31 Å². The molecule has 0 aliphatic carbocycles. The van der Waals surface area contributed by atoms with E-state index in [1.807, 2.05) is 0 Å². The molecule has 0 unspecified atom stereocenters. The second-order valence-electron chi connectivity index (χ2n) is 6.64. The Morgan fingerprint density at radius 2 is 1.56 bits per heavy atom. The third-order valence-electron chi connectivity index (χ3n) is 5.03. The van der Waals surface area contributed by atoms with Gasteiger partial charge in [0.25, 0.3) is 0 Å². The van der Waals surface area contributed by atoms with E-state index in [0.717, 1.165) is 19.6 Å². The maximum absolute atomic E-state index is 12.8. The molecule has 0 bridgehead atoms. The number of rotatable bonds is 8. The Kier molecular flexibility index (Phi) is 7.52. The summed E-state index contributed by atoms with van der Waals surface area (Å²) in [6.45, 7) is 9.52. The zero-order valence-electron chi connectivity index (χ0n) is 16.3. The van der Waals surface area contributed by atoms with Crippen molar-refractivity contribution in [3.05, 3.63) is 29.8 Å². The Hall–Kier alpha value is -1.77. The van der Waals surface area contributed by atoms with Crippen molar-refractivity contribution in [3.63, 3.8) is 0 Å². The quantitative estimate of drug-likeness (QED) is 0.623. The van der Waals surface area contributed by atoms with Crippen LogP contribution in [-0.4, -0.2) is 80.0 Å².